The van der Waals surface area contributed by atoms with Gasteiger partial charge in [0.2, 0.25) is 0 Å². The fourth-order valence-electron chi connectivity index (χ4n) is 2.56. The highest BCUT2D eigenvalue weighted by atomic mass is 32.2. The van der Waals surface area contributed by atoms with Crippen molar-refractivity contribution in [3.8, 4) is 11.5 Å². The predicted octanol–water partition coefficient (Wildman–Crippen LogP) is 2.51. The molecule has 0 atom stereocenters. The number of rotatable bonds is 7. The molecule has 0 spiro atoms. The summed E-state index contributed by atoms with van der Waals surface area (Å²) in [4.78, 5) is 0. The van der Waals surface area contributed by atoms with Crippen molar-refractivity contribution in [1.82, 2.24) is 9.03 Å². The maximum Gasteiger partial charge on any atom is 0.387 e. The lowest BCUT2D eigenvalue weighted by Crippen LogP contribution is -2.40. The Morgan fingerprint density at radius 1 is 1.17 bits per heavy atom. The monoisotopic (exact) mass is 364 g/mol. The third-order valence-corrected chi connectivity index (χ3v) is 5.36. The highest BCUT2D eigenvalue weighted by Crippen LogP contribution is 2.29. The van der Waals surface area contributed by atoms with Crippen molar-refractivity contribution >= 4 is 10.2 Å². The molecule has 1 aromatic rings. The van der Waals surface area contributed by atoms with Crippen LogP contribution >= 0.6 is 0 Å². The molecule has 1 fully saturated rings. The first-order valence-corrected chi connectivity index (χ1v) is 9.23. The van der Waals surface area contributed by atoms with E-state index in [2.05, 4.69) is 9.46 Å². The van der Waals surface area contributed by atoms with Gasteiger partial charge in [-0.05, 0) is 30.5 Å². The second kappa shape index (κ2) is 8.59. The Labute approximate surface area is 140 Å². The van der Waals surface area contributed by atoms with Crippen molar-refractivity contribution in [3.05, 3.63) is 23.8 Å². The molecule has 1 aliphatic rings. The first-order chi connectivity index (χ1) is 11.4. The number of ether oxygens (including phenoxy) is 2. The lowest BCUT2D eigenvalue weighted by atomic mass is 10.2. The number of hydrogen-bond acceptors (Lipinski definition) is 4. The minimum Gasteiger partial charge on any atom is -0.493 e. The van der Waals surface area contributed by atoms with E-state index < -0.39 is 16.8 Å². The van der Waals surface area contributed by atoms with Crippen LogP contribution in [0.2, 0.25) is 0 Å². The molecule has 1 aromatic carbocycles. The predicted molar refractivity (Wildman–Crippen MR) is 85.4 cm³/mol. The number of hydrogen-bond donors (Lipinski definition) is 1. The van der Waals surface area contributed by atoms with E-state index in [9.17, 15) is 17.2 Å². The Kier molecular flexibility index (Phi) is 6.76. The van der Waals surface area contributed by atoms with E-state index in [1.807, 2.05) is 0 Å². The van der Waals surface area contributed by atoms with E-state index in [0.29, 0.717) is 18.7 Å². The Balaban J connectivity index is 2.02. The first-order valence-electron chi connectivity index (χ1n) is 7.79. The summed E-state index contributed by atoms with van der Waals surface area (Å²) in [5, 5.41) is 0. The third kappa shape index (κ3) is 5.29. The smallest absolute Gasteiger partial charge is 0.387 e. The second-order valence-corrected chi connectivity index (χ2v) is 7.26. The first kappa shape index (κ1) is 18.9. The average Bonchev–Trinajstić information content (AvgIpc) is 2.83. The normalized spacial score (nSPS) is 16.8. The standard InChI is InChI=1S/C15H22F2N2O4S/c1-22-14-10-12(6-7-13(14)23-15(16)17)11-18-24(20,21)19-8-4-2-3-5-9-19/h6-7,10,15,18H,2-5,8-9,11H2,1H3. The van der Waals surface area contributed by atoms with Crippen LogP contribution in [0.3, 0.4) is 0 Å². The van der Waals surface area contributed by atoms with Gasteiger partial charge < -0.3 is 9.47 Å². The van der Waals surface area contributed by atoms with Gasteiger partial charge in [0.25, 0.3) is 10.2 Å². The zero-order valence-electron chi connectivity index (χ0n) is 13.5. The molecule has 2 rings (SSSR count). The quantitative estimate of drug-likeness (QED) is 0.807. The molecule has 0 aliphatic carbocycles. The highest BCUT2D eigenvalue weighted by Gasteiger charge is 2.22. The summed E-state index contributed by atoms with van der Waals surface area (Å²) in [6.07, 6.45) is 3.78. The van der Waals surface area contributed by atoms with Gasteiger partial charge in [0.1, 0.15) is 0 Å². The van der Waals surface area contributed by atoms with E-state index in [4.69, 9.17) is 4.74 Å². The molecule has 1 aliphatic heterocycles. The minimum absolute atomic E-state index is 0.0458. The van der Waals surface area contributed by atoms with Crippen LogP contribution in [-0.4, -0.2) is 39.5 Å². The number of methoxy groups -OCH3 is 1. The molecule has 1 N–H and O–H groups in total. The van der Waals surface area contributed by atoms with Gasteiger partial charge >= 0.3 is 6.61 Å². The van der Waals surface area contributed by atoms with Gasteiger partial charge in [-0.25, -0.2) is 0 Å². The molecule has 9 heteroatoms. The van der Waals surface area contributed by atoms with Gasteiger partial charge in [-0.3, -0.25) is 0 Å². The SMILES string of the molecule is COc1cc(CNS(=O)(=O)N2CCCCCC2)ccc1OC(F)F. The number of halogens is 2. The van der Waals surface area contributed by atoms with Crippen LogP contribution < -0.4 is 14.2 Å². The fraction of sp³-hybridized carbons (Fsp3) is 0.600. The van der Waals surface area contributed by atoms with Crippen LogP contribution in [0, 0.1) is 0 Å². The maximum absolute atomic E-state index is 12.3. The van der Waals surface area contributed by atoms with Gasteiger partial charge in [0, 0.05) is 19.6 Å². The Bertz CT molecular complexity index is 632. The molecule has 24 heavy (non-hydrogen) atoms. The zero-order valence-corrected chi connectivity index (χ0v) is 14.3. The largest absolute Gasteiger partial charge is 0.493 e. The fourth-order valence-corrected chi connectivity index (χ4v) is 3.83. The second-order valence-electron chi connectivity index (χ2n) is 5.50. The van der Waals surface area contributed by atoms with Crippen LogP contribution in [0.4, 0.5) is 8.78 Å². The molecule has 0 bridgehead atoms. The number of alkyl halides is 2. The molecule has 0 saturated carbocycles. The van der Waals surface area contributed by atoms with Crippen LogP contribution in [0.15, 0.2) is 18.2 Å². The van der Waals surface area contributed by atoms with Gasteiger partial charge in [-0.1, -0.05) is 18.9 Å². The van der Waals surface area contributed by atoms with E-state index >= 15 is 0 Å². The molecule has 0 radical (unpaired) electrons. The molecule has 0 unspecified atom stereocenters. The minimum atomic E-state index is -3.56. The maximum atomic E-state index is 12.3. The highest BCUT2D eigenvalue weighted by molar-refractivity contribution is 7.87. The Morgan fingerprint density at radius 3 is 2.42 bits per heavy atom. The molecule has 1 heterocycles. The molecule has 0 aromatic heterocycles. The van der Waals surface area contributed by atoms with Gasteiger partial charge in [0.15, 0.2) is 11.5 Å². The van der Waals surface area contributed by atoms with Crippen molar-refractivity contribution in [1.29, 1.82) is 0 Å². The third-order valence-electron chi connectivity index (χ3n) is 3.81. The summed E-state index contributed by atoms with van der Waals surface area (Å²) in [5.74, 6) is 0.0356. The van der Waals surface area contributed by atoms with E-state index in [1.165, 1.54) is 29.6 Å². The van der Waals surface area contributed by atoms with E-state index in [0.717, 1.165) is 25.7 Å². The zero-order chi connectivity index (χ0) is 17.6. The Hall–Kier alpha value is -1.45. The summed E-state index contributed by atoms with van der Waals surface area (Å²) in [7, 11) is -2.23. The van der Waals surface area contributed by atoms with Crippen molar-refractivity contribution in [2.24, 2.45) is 0 Å². The molecular formula is C15H22F2N2O4S. The molecule has 1 saturated heterocycles. The molecule has 6 nitrogen and oxygen atoms in total. The summed E-state index contributed by atoms with van der Waals surface area (Å²) in [6, 6.07) is 4.33. The summed E-state index contributed by atoms with van der Waals surface area (Å²) >= 11 is 0. The average molecular weight is 364 g/mol. The summed E-state index contributed by atoms with van der Waals surface area (Å²) < 4.78 is 62.6. The van der Waals surface area contributed by atoms with Gasteiger partial charge in [-0.2, -0.15) is 26.2 Å². The van der Waals surface area contributed by atoms with Gasteiger partial charge in [-0.15, -0.1) is 0 Å². The van der Waals surface area contributed by atoms with Crippen molar-refractivity contribution in [2.45, 2.75) is 38.8 Å². The van der Waals surface area contributed by atoms with Crippen LogP contribution in [-0.2, 0) is 16.8 Å². The number of nitrogens with one attached hydrogen (secondary N) is 1. The van der Waals surface area contributed by atoms with Crippen molar-refractivity contribution < 1.29 is 26.7 Å². The van der Waals surface area contributed by atoms with E-state index in [1.54, 1.807) is 0 Å². The molecular weight excluding hydrogens is 342 g/mol. The lowest BCUT2D eigenvalue weighted by Gasteiger charge is -2.20. The number of benzene rings is 1. The molecule has 0 amide bonds. The van der Waals surface area contributed by atoms with Crippen LogP contribution in [0.1, 0.15) is 31.2 Å². The van der Waals surface area contributed by atoms with Crippen LogP contribution in [0.25, 0.3) is 0 Å². The van der Waals surface area contributed by atoms with Crippen LogP contribution in [0.5, 0.6) is 11.5 Å². The lowest BCUT2D eigenvalue weighted by molar-refractivity contribution is -0.0512. The summed E-state index contributed by atoms with van der Waals surface area (Å²) in [6.45, 7) is -1.88. The number of nitrogens with zero attached hydrogens (tertiary/aromatic N) is 1. The topological polar surface area (TPSA) is 67.9 Å². The van der Waals surface area contributed by atoms with Crippen molar-refractivity contribution in [2.75, 3.05) is 20.2 Å². The summed E-state index contributed by atoms with van der Waals surface area (Å²) in [5.41, 5.74) is 0.590. The van der Waals surface area contributed by atoms with Crippen molar-refractivity contribution in [3.63, 3.8) is 0 Å². The Morgan fingerprint density at radius 2 is 1.83 bits per heavy atom. The van der Waals surface area contributed by atoms with Gasteiger partial charge in [0.05, 0.1) is 7.11 Å². The molecule has 136 valence electrons. The van der Waals surface area contributed by atoms with E-state index in [-0.39, 0.29) is 18.0 Å².